The van der Waals surface area contributed by atoms with Crippen LogP contribution >= 0.6 is 0 Å². The fourth-order valence-corrected chi connectivity index (χ4v) is 4.55. The fraction of sp³-hybridized carbons (Fsp3) is 0.333. The van der Waals surface area contributed by atoms with Crippen LogP contribution in [0.2, 0.25) is 0 Å². The van der Waals surface area contributed by atoms with Crippen LogP contribution in [0.15, 0.2) is 67.0 Å². The van der Waals surface area contributed by atoms with Gasteiger partial charge in [-0.1, -0.05) is 71.9 Å². The largest absolute Gasteiger partial charge is 0.457 e. The zero-order valence-electron chi connectivity index (χ0n) is 22.3. The number of fused-ring (bicyclic) bond motifs is 7. The highest BCUT2D eigenvalue weighted by molar-refractivity contribution is 6.03. The van der Waals surface area contributed by atoms with Crippen LogP contribution in [-0.2, 0) is 11.2 Å². The predicted octanol–water partition coefficient (Wildman–Crippen LogP) is 7.33. The van der Waals surface area contributed by atoms with E-state index in [1.165, 1.54) is 0 Å². The zero-order chi connectivity index (χ0) is 26.1. The van der Waals surface area contributed by atoms with Crippen molar-refractivity contribution in [3.63, 3.8) is 0 Å². The van der Waals surface area contributed by atoms with Crippen molar-refractivity contribution in [2.45, 2.75) is 54.0 Å². The van der Waals surface area contributed by atoms with Gasteiger partial charge in [-0.05, 0) is 41.3 Å². The molecule has 4 bridgehead atoms. The molecule has 0 radical (unpaired) electrons. The van der Waals surface area contributed by atoms with Gasteiger partial charge in [-0.3, -0.25) is 9.69 Å². The molecule has 6 nitrogen and oxygen atoms in total. The molecular weight excluding hydrogens is 448 g/mol. The summed E-state index contributed by atoms with van der Waals surface area (Å²) >= 11 is 0. The number of nitrogens with zero attached hydrogens (tertiary/aromatic N) is 2. The summed E-state index contributed by atoms with van der Waals surface area (Å²) in [5.74, 6) is 1.47. The maximum Gasteiger partial charge on any atom is 0.238 e. The molecule has 0 fully saturated rings. The average Bonchev–Trinajstić information content (AvgIpc) is 3.41. The molecule has 0 saturated carbocycles. The maximum absolute atomic E-state index is 13.0. The van der Waals surface area contributed by atoms with E-state index in [4.69, 9.17) is 4.74 Å². The van der Waals surface area contributed by atoms with Crippen LogP contribution in [0.1, 0.15) is 64.5 Å². The van der Waals surface area contributed by atoms with Gasteiger partial charge >= 0.3 is 0 Å². The molecule has 0 spiro atoms. The Bertz CT molecular complexity index is 1280. The van der Waals surface area contributed by atoms with Crippen LogP contribution in [0.5, 0.6) is 11.5 Å². The average molecular weight is 487 g/mol. The molecule has 6 rings (SSSR count). The molecular formula is C30H38N4O2. The number of amides is 1. The van der Waals surface area contributed by atoms with Gasteiger partial charge in [0.1, 0.15) is 11.5 Å². The predicted molar refractivity (Wildman–Crippen MR) is 149 cm³/mol. The van der Waals surface area contributed by atoms with Crippen LogP contribution < -0.4 is 10.1 Å². The second-order valence-electron chi connectivity index (χ2n) is 7.80. The van der Waals surface area contributed by atoms with E-state index in [2.05, 4.69) is 26.3 Å². The second-order valence-corrected chi connectivity index (χ2v) is 7.80. The normalized spacial score (nSPS) is 15.8. The SMILES string of the molecule is CC.CC.CC.O=C1CN2CCc3[nH]cnc3C2c2cccc(c2)Oc2ccc3cccc(c3c2)N1. The van der Waals surface area contributed by atoms with Crippen molar-refractivity contribution in [3.05, 3.63) is 83.9 Å². The molecule has 4 aromatic rings. The number of aromatic amines is 1. The lowest BCUT2D eigenvalue weighted by molar-refractivity contribution is -0.117. The number of carbonyl (C=O) groups excluding carboxylic acids is 1. The number of anilines is 1. The van der Waals surface area contributed by atoms with Gasteiger partial charge in [0.2, 0.25) is 5.91 Å². The first-order valence-electron chi connectivity index (χ1n) is 13.1. The summed E-state index contributed by atoms with van der Waals surface area (Å²) < 4.78 is 6.21. The summed E-state index contributed by atoms with van der Waals surface area (Å²) in [7, 11) is 0. The molecule has 1 unspecified atom stereocenters. The number of carbonyl (C=O) groups is 1. The Labute approximate surface area is 214 Å². The van der Waals surface area contributed by atoms with E-state index in [0.717, 1.165) is 57.9 Å². The summed E-state index contributed by atoms with van der Waals surface area (Å²) in [6.45, 7) is 13.1. The third kappa shape index (κ3) is 5.60. The van der Waals surface area contributed by atoms with Crippen LogP contribution in [0.25, 0.3) is 10.8 Å². The first-order valence-corrected chi connectivity index (χ1v) is 13.1. The van der Waals surface area contributed by atoms with Gasteiger partial charge in [0.05, 0.1) is 24.6 Å². The zero-order valence-corrected chi connectivity index (χ0v) is 22.3. The van der Waals surface area contributed by atoms with Crippen molar-refractivity contribution in [1.29, 1.82) is 0 Å². The van der Waals surface area contributed by atoms with Crippen molar-refractivity contribution in [2.75, 3.05) is 18.4 Å². The van der Waals surface area contributed by atoms with Gasteiger partial charge < -0.3 is 15.0 Å². The maximum atomic E-state index is 13.0. The first-order chi connectivity index (χ1) is 17.7. The van der Waals surface area contributed by atoms with E-state index < -0.39 is 0 Å². The van der Waals surface area contributed by atoms with Crippen LogP contribution in [-0.4, -0.2) is 33.9 Å². The van der Waals surface area contributed by atoms with Gasteiger partial charge in [-0.25, -0.2) is 4.98 Å². The molecule has 1 atom stereocenters. The van der Waals surface area contributed by atoms with E-state index in [9.17, 15) is 4.79 Å². The molecule has 1 aromatic heterocycles. The van der Waals surface area contributed by atoms with Gasteiger partial charge in [0.25, 0.3) is 0 Å². The first kappa shape index (κ1) is 27.0. The van der Waals surface area contributed by atoms with Crippen molar-refractivity contribution in [3.8, 4) is 11.5 Å². The highest BCUT2D eigenvalue weighted by atomic mass is 16.5. The third-order valence-electron chi connectivity index (χ3n) is 5.91. The topological polar surface area (TPSA) is 70.2 Å². The highest BCUT2D eigenvalue weighted by Gasteiger charge is 2.32. The summed E-state index contributed by atoms with van der Waals surface area (Å²) in [5.41, 5.74) is 3.96. The Kier molecular flexibility index (Phi) is 9.65. The number of rotatable bonds is 0. The minimum Gasteiger partial charge on any atom is -0.457 e. The van der Waals surface area contributed by atoms with Gasteiger partial charge in [-0.15, -0.1) is 0 Å². The van der Waals surface area contributed by atoms with E-state index in [1.807, 2.05) is 96.1 Å². The van der Waals surface area contributed by atoms with Crippen molar-refractivity contribution in [2.24, 2.45) is 0 Å². The number of H-pyrrole nitrogens is 1. The van der Waals surface area contributed by atoms with E-state index >= 15 is 0 Å². The Balaban J connectivity index is 0.000000563. The van der Waals surface area contributed by atoms with Gasteiger partial charge in [0.15, 0.2) is 0 Å². The summed E-state index contributed by atoms with van der Waals surface area (Å²) in [6.07, 6.45) is 2.58. The van der Waals surface area contributed by atoms with Crippen LogP contribution in [0.3, 0.4) is 0 Å². The number of hydrogen-bond acceptors (Lipinski definition) is 4. The Morgan fingerprint density at radius 2 is 1.67 bits per heavy atom. The lowest BCUT2D eigenvalue weighted by Crippen LogP contribution is -2.41. The number of hydrogen-bond donors (Lipinski definition) is 2. The Morgan fingerprint density at radius 1 is 0.917 bits per heavy atom. The molecule has 0 aliphatic carbocycles. The molecule has 36 heavy (non-hydrogen) atoms. The minimum absolute atomic E-state index is 0.0341. The summed E-state index contributed by atoms with van der Waals surface area (Å²) in [5, 5.41) is 5.13. The fourth-order valence-electron chi connectivity index (χ4n) is 4.55. The molecule has 3 heterocycles. The minimum atomic E-state index is -0.103. The number of imidazole rings is 1. The van der Waals surface area contributed by atoms with Crippen LogP contribution in [0, 0.1) is 0 Å². The molecule has 6 heteroatoms. The third-order valence-corrected chi connectivity index (χ3v) is 5.91. The van der Waals surface area contributed by atoms with Crippen molar-refractivity contribution < 1.29 is 9.53 Å². The van der Waals surface area contributed by atoms with Gasteiger partial charge in [-0.2, -0.15) is 0 Å². The van der Waals surface area contributed by atoms with E-state index in [-0.39, 0.29) is 18.5 Å². The lowest BCUT2D eigenvalue weighted by atomic mass is 9.95. The molecule has 1 amide bonds. The standard InChI is InChI=1S/C24H20N4O2.3C2H6/c29-22-13-28-10-9-21-23(26-14-25-21)24(28)16-4-1-5-17(11-16)30-18-8-7-15-3-2-6-20(27-22)19(15)12-18;3*1-2/h1-8,11-12,14,24H,9-10,13H2,(H,25,26)(H,27,29);3*1-2H3. The number of nitrogens with one attached hydrogen (secondary N) is 2. The highest BCUT2D eigenvalue weighted by Crippen LogP contribution is 2.36. The number of benzene rings is 3. The Morgan fingerprint density at radius 3 is 2.47 bits per heavy atom. The summed E-state index contributed by atoms with van der Waals surface area (Å²) in [4.78, 5) is 23.1. The smallest absolute Gasteiger partial charge is 0.238 e. The molecule has 2 N–H and O–H groups in total. The van der Waals surface area contributed by atoms with Gasteiger partial charge in [0, 0.05) is 29.7 Å². The van der Waals surface area contributed by atoms with Crippen LogP contribution in [0.4, 0.5) is 5.69 Å². The lowest BCUT2D eigenvalue weighted by Gasteiger charge is -2.34. The molecule has 2 aliphatic rings. The number of ether oxygens (including phenoxy) is 1. The molecule has 190 valence electrons. The van der Waals surface area contributed by atoms with E-state index in [1.54, 1.807) is 6.33 Å². The molecule has 3 aromatic carbocycles. The van der Waals surface area contributed by atoms with E-state index in [0.29, 0.717) is 0 Å². The Hall–Kier alpha value is -3.64. The number of aromatic nitrogens is 2. The van der Waals surface area contributed by atoms with Crippen molar-refractivity contribution >= 4 is 22.4 Å². The second kappa shape index (κ2) is 12.9. The molecule has 2 aliphatic heterocycles. The monoisotopic (exact) mass is 486 g/mol. The molecule has 0 saturated heterocycles. The quantitative estimate of drug-likeness (QED) is 0.273. The summed E-state index contributed by atoms with van der Waals surface area (Å²) in [6, 6.07) is 19.9. The van der Waals surface area contributed by atoms with Crippen molar-refractivity contribution in [1.82, 2.24) is 14.9 Å².